The molecule has 0 saturated heterocycles. The predicted octanol–water partition coefficient (Wildman–Crippen LogP) is 4.90. The molecular weight excluding hydrogens is 312 g/mol. The van der Waals surface area contributed by atoms with Crippen molar-refractivity contribution >= 4 is 17.5 Å². The van der Waals surface area contributed by atoms with Gasteiger partial charge in [0.1, 0.15) is 0 Å². The molecule has 1 N–H and O–H groups in total. The normalized spacial score (nSPS) is 19.6. The first-order valence-corrected chi connectivity index (χ1v) is 8.95. The van der Waals surface area contributed by atoms with Crippen LogP contribution in [0.15, 0.2) is 101 Å². The van der Waals surface area contributed by atoms with Crippen LogP contribution in [0, 0.1) is 0 Å². The molecule has 1 aliphatic heterocycles. The summed E-state index contributed by atoms with van der Waals surface area (Å²) in [6.45, 7) is 0. The van der Waals surface area contributed by atoms with Gasteiger partial charge in [0, 0.05) is 4.90 Å². The van der Waals surface area contributed by atoms with Gasteiger partial charge in [-0.2, -0.15) is 5.10 Å². The smallest absolute Gasteiger partial charge is 0.0868 e. The molecule has 3 aromatic rings. The highest BCUT2D eigenvalue weighted by molar-refractivity contribution is 8.00. The number of hydrogen-bond donors (Lipinski definition) is 1. The van der Waals surface area contributed by atoms with E-state index < -0.39 is 0 Å². The van der Waals surface area contributed by atoms with Gasteiger partial charge in [0.05, 0.1) is 17.0 Å². The fourth-order valence-corrected chi connectivity index (χ4v) is 4.21. The minimum Gasteiger partial charge on any atom is -0.301 e. The van der Waals surface area contributed by atoms with Crippen LogP contribution >= 0.6 is 11.8 Å². The van der Waals surface area contributed by atoms with E-state index in [1.54, 1.807) is 0 Å². The largest absolute Gasteiger partial charge is 0.301 e. The molecule has 0 radical (unpaired) electrons. The van der Waals surface area contributed by atoms with Crippen molar-refractivity contribution in [3.05, 3.63) is 102 Å². The molecule has 0 bridgehead atoms. The van der Waals surface area contributed by atoms with E-state index in [1.807, 2.05) is 17.8 Å². The number of rotatable bonds is 4. The molecule has 118 valence electrons. The maximum Gasteiger partial charge on any atom is 0.0868 e. The first kappa shape index (κ1) is 15.0. The van der Waals surface area contributed by atoms with Crippen LogP contribution in [-0.2, 0) is 0 Å². The van der Waals surface area contributed by atoms with Gasteiger partial charge in [-0.15, -0.1) is 11.8 Å². The van der Waals surface area contributed by atoms with E-state index in [9.17, 15) is 0 Å². The second-order valence-electron chi connectivity index (χ2n) is 5.73. The average Bonchev–Trinajstić information content (AvgIpc) is 3.07. The molecule has 1 aliphatic rings. The first-order valence-electron chi connectivity index (χ1n) is 8.07. The quantitative estimate of drug-likeness (QED) is 0.736. The maximum absolute atomic E-state index is 4.69. The molecule has 0 amide bonds. The standard InChI is InChI=1S/C21H18N2S/c1-4-10-16(11-5-1)19-21(24-18-14-8-3-9-15-18)20(23-22-19)17-12-6-2-7-13-17/h1-15,19,21-22H. The lowest BCUT2D eigenvalue weighted by molar-refractivity contribution is 0.627. The summed E-state index contributed by atoms with van der Waals surface area (Å²) < 4.78 is 0. The van der Waals surface area contributed by atoms with Gasteiger partial charge in [0.2, 0.25) is 0 Å². The second kappa shape index (κ2) is 6.93. The van der Waals surface area contributed by atoms with E-state index in [-0.39, 0.29) is 11.3 Å². The highest BCUT2D eigenvalue weighted by Crippen LogP contribution is 2.37. The van der Waals surface area contributed by atoms with Crippen molar-refractivity contribution in [2.24, 2.45) is 5.10 Å². The molecule has 3 heteroatoms. The first-order chi connectivity index (χ1) is 11.9. The summed E-state index contributed by atoms with van der Waals surface area (Å²) in [4.78, 5) is 1.26. The van der Waals surface area contributed by atoms with Crippen LogP contribution in [0.2, 0.25) is 0 Å². The number of benzene rings is 3. The molecule has 2 unspecified atom stereocenters. The van der Waals surface area contributed by atoms with Gasteiger partial charge in [-0.05, 0) is 23.3 Å². The van der Waals surface area contributed by atoms with Crippen LogP contribution in [0.3, 0.4) is 0 Å². The number of thioether (sulfide) groups is 1. The number of hydrogen-bond acceptors (Lipinski definition) is 3. The van der Waals surface area contributed by atoms with E-state index in [4.69, 9.17) is 0 Å². The molecular formula is C21H18N2S. The average molecular weight is 330 g/mol. The van der Waals surface area contributed by atoms with Gasteiger partial charge in [-0.3, -0.25) is 0 Å². The Kier molecular flexibility index (Phi) is 4.34. The summed E-state index contributed by atoms with van der Waals surface area (Å²) in [7, 11) is 0. The minimum atomic E-state index is 0.173. The van der Waals surface area contributed by atoms with Crippen molar-refractivity contribution in [1.82, 2.24) is 5.43 Å². The summed E-state index contributed by atoms with van der Waals surface area (Å²) in [5, 5.41) is 4.92. The van der Waals surface area contributed by atoms with E-state index in [0.717, 1.165) is 5.71 Å². The van der Waals surface area contributed by atoms with Gasteiger partial charge < -0.3 is 5.43 Å². The Bertz CT molecular complexity index is 816. The molecule has 0 saturated carbocycles. The fourth-order valence-electron chi connectivity index (χ4n) is 2.95. The van der Waals surface area contributed by atoms with Crippen molar-refractivity contribution in [3.63, 3.8) is 0 Å². The van der Waals surface area contributed by atoms with Gasteiger partial charge in [0.25, 0.3) is 0 Å². The van der Waals surface area contributed by atoms with Crippen LogP contribution in [0.4, 0.5) is 0 Å². The Labute approximate surface area is 146 Å². The van der Waals surface area contributed by atoms with Crippen molar-refractivity contribution in [2.75, 3.05) is 0 Å². The van der Waals surface area contributed by atoms with Crippen LogP contribution < -0.4 is 5.43 Å². The molecule has 4 rings (SSSR count). The van der Waals surface area contributed by atoms with E-state index in [0.29, 0.717) is 0 Å². The zero-order valence-corrected chi connectivity index (χ0v) is 14.0. The molecule has 3 aromatic carbocycles. The van der Waals surface area contributed by atoms with Crippen LogP contribution in [0.25, 0.3) is 0 Å². The number of nitrogens with one attached hydrogen (secondary N) is 1. The fraction of sp³-hybridized carbons (Fsp3) is 0.0952. The van der Waals surface area contributed by atoms with Crippen molar-refractivity contribution in [2.45, 2.75) is 16.2 Å². The summed E-state index contributed by atoms with van der Waals surface area (Å²) in [6.07, 6.45) is 0. The van der Waals surface area contributed by atoms with Crippen LogP contribution in [0.5, 0.6) is 0 Å². The Morgan fingerprint density at radius 3 is 1.96 bits per heavy atom. The van der Waals surface area contributed by atoms with Crippen molar-refractivity contribution < 1.29 is 0 Å². The van der Waals surface area contributed by atoms with Gasteiger partial charge >= 0.3 is 0 Å². The molecule has 0 aromatic heterocycles. The van der Waals surface area contributed by atoms with Gasteiger partial charge in [-0.25, -0.2) is 0 Å². The third-order valence-corrected chi connectivity index (χ3v) is 5.42. The van der Waals surface area contributed by atoms with Crippen LogP contribution in [0.1, 0.15) is 17.2 Å². The van der Waals surface area contributed by atoms with E-state index in [1.165, 1.54) is 16.0 Å². The summed E-state index contributed by atoms with van der Waals surface area (Å²) in [5.41, 5.74) is 6.91. The summed E-state index contributed by atoms with van der Waals surface area (Å²) >= 11 is 1.86. The molecule has 0 spiro atoms. The SMILES string of the molecule is c1ccc(SC2C(c3ccccc3)=NNC2c2ccccc2)cc1. The maximum atomic E-state index is 4.69. The van der Waals surface area contributed by atoms with E-state index >= 15 is 0 Å². The van der Waals surface area contributed by atoms with Crippen LogP contribution in [-0.4, -0.2) is 11.0 Å². The zero-order chi connectivity index (χ0) is 16.2. The lowest BCUT2D eigenvalue weighted by atomic mass is 9.98. The summed E-state index contributed by atoms with van der Waals surface area (Å²) in [6, 6.07) is 31.7. The van der Waals surface area contributed by atoms with Crippen molar-refractivity contribution in [1.29, 1.82) is 0 Å². The Morgan fingerprint density at radius 1 is 0.708 bits per heavy atom. The van der Waals surface area contributed by atoms with Gasteiger partial charge in [-0.1, -0.05) is 78.9 Å². The topological polar surface area (TPSA) is 24.4 Å². The zero-order valence-electron chi connectivity index (χ0n) is 13.2. The highest BCUT2D eigenvalue weighted by Gasteiger charge is 2.34. The lowest BCUT2D eigenvalue weighted by Gasteiger charge is -2.21. The van der Waals surface area contributed by atoms with E-state index in [2.05, 4.69) is 95.5 Å². The highest BCUT2D eigenvalue weighted by atomic mass is 32.2. The third-order valence-electron chi connectivity index (χ3n) is 4.13. The number of hydrazone groups is 1. The molecule has 0 fully saturated rings. The second-order valence-corrected chi connectivity index (χ2v) is 6.95. The minimum absolute atomic E-state index is 0.173. The molecule has 0 aliphatic carbocycles. The molecule has 2 nitrogen and oxygen atoms in total. The third kappa shape index (κ3) is 3.08. The summed E-state index contributed by atoms with van der Waals surface area (Å²) in [5.74, 6) is 0. The van der Waals surface area contributed by atoms with Gasteiger partial charge in [0.15, 0.2) is 0 Å². The Balaban J connectivity index is 1.69. The monoisotopic (exact) mass is 330 g/mol. The molecule has 1 heterocycles. The lowest BCUT2D eigenvalue weighted by Crippen LogP contribution is -2.24. The van der Waals surface area contributed by atoms with Crippen molar-refractivity contribution in [3.8, 4) is 0 Å². The molecule has 24 heavy (non-hydrogen) atoms. The molecule has 2 atom stereocenters. The Morgan fingerprint density at radius 2 is 1.29 bits per heavy atom. The predicted molar refractivity (Wildman–Crippen MR) is 101 cm³/mol. The number of nitrogens with zero attached hydrogens (tertiary/aromatic N) is 1. The Hall–Kier alpha value is -2.52.